The van der Waals surface area contributed by atoms with Gasteiger partial charge in [-0.1, -0.05) is 42.5 Å². The van der Waals surface area contributed by atoms with Crippen molar-refractivity contribution in [2.75, 3.05) is 27.8 Å². The molecule has 1 unspecified atom stereocenters. The summed E-state index contributed by atoms with van der Waals surface area (Å²) in [5.74, 6) is 1.44. The molecule has 0 saturated carbocycles. The summed E-state index contributed by atoms with van der Waals surface area (Å²) in [4.78, 5) is 27.6. The van der Waals surface area contributed by atoms with Crippen LogP contribution < -0.4 is 15.5 Å². The number of nitrogens with zero attached hydrogens (tertiary/aromatic N) is 1. The van der Waals surface area contributed by atoms with Crippen molar-refractivity contribution < 1.29 is 9.59 Å². The van der Waals surface area contributed by atoms with Crippen LogP contribution in [-0.2, 0) is 17.0 Å². The highest BCUT2D eigenvalue weighted by atomic mass is 32.2. The maximum atomic E-state index is 13.1. The molecule has 3 aromatic rings. The Kier molecular flexibility index (Phi) is 5.62. The van der Waals surface area contributed by atoms with E-state index in [0.717, 1.165) is 23.5 Å². The van der Waals surface area contributed by atoms with Crippen LogP contribution in [0, 0.1) is 6.92 Å². The smallest absolute Gasteiger partial charge is 0.258 e. The third-order valence-corrected chi connectivity index (χ3v) is 7.19. The number of hydrogen-bond acceptors (Lipinski definition) is 4. The standard InChI is InChI=1S/C26H25N3O2S/c1-17-6-2-3-8-20(17)15-32-16-23-25(30)28-22-14-19(10-11-21(22)27-23)26(31)29-13-12-18-7-4-5-9-24(18)29/h2-11,14,23,27H,12-13,15-16H2,1H3,(H,28,30). The molecule has 0 bridgehead atoms. The first-order chi connectivity index (χ1) is 15.6. The SMILES string of the molecule is Cc1ccccc1CSCC1Nc2ccc(C(=O)N3CCc4ccccc43)cc2NC1=O. The minimum absolute atomic E-state index is 0.0390. The first-order valence-corrected chi connectivity index (χ1v) is 12.0. The van der Waals surface area contributed by atoms with E-state index in [9.17, 15) is 9.59 Å². The molecule has 0 aliphatic carbocycles. The summed E-state index contributed by atoms with van der Waals surface area (Å²) in [6.07, 6.45) is 0.868. The lowest BCUT2D eigenvalue weighted by atomic mass is 10.1. The van der Waals surface area contributed by atoms with E-state index in [2.05, 4.69) is 35.8 Å². The number of benzene rings is 3. The highest BCUT2D eigenvalue weighted by Crippen LogP contribution is 2.32. The summed E-state index contributed by atoms with van der Waals surface area (Å²) in [7, 11) is 0. The van der Waals surface area contributed by atoms with Crippen molar-refractivity contribution >= 4 is 40.6 Å². The van der Waals surface area contributed by atoms with Gasteiger partial charge in [0, 0.05) is 29.3 Å². The number of rotatable bonds is 5. The maximum absolute atomic E-state index is 13.1. The van der Waals surface area contributed by atoms with Gasteiger partial charge in [0.05, 0.1) is 11.4 Å². The fourth-order valence-electron chi connectivity index (χ4n) is 4.26. The second-order valence-electron chi connectivity index (χ2n) is 8.22. The Morgan fingerprint density at radius 2 is 1.88 bits per heavy atom. The third kappa shape index (κ3) is 3.98. The molecule has 2 N–H and O–H groups in total. The molecule has 162 valence electrons. The van der Waals surface area contributed by atoms with Gasteiger partial charge in [-0.15, -0.1) is 0 Å². The van der Waals surface area contributed by atoms with E-state index in [-0.39, 0.29) is 17.9 Å². The molecule has 5 rings (SSSR count). The average Bonchev–Trinajstić information content (AvgIpc) is 3.24. The second kappa shape index (κ2) is 8.71. The Hall–Kier alpha value is -3.25. The Balaban J connectivity index is 1.26. The molecular formula is C26H25N3O2S. The molecule has 2 aliphatic heterocycles. The van der Waals surface area contributed by atoms with Crippen LogP contribution in [0.4, 0.5) is 17.1 Å². The van der Waals surface area contributed by atoms with Crippen LogP contribution in [0.25, 0.3) is 0 Å². The zero-order valence-corrected chi connectivity index (χ0v) is 18.7. The lowest BCUT2D eigenvalue weighted by Gasteiger charge is -2.27. The fraction of sp³-hybridized carbons (Fsp3) is 0.231. The lowest BCUT2D eigenvalue weighted by molar-refractivity contribution is -0.116. The van der Waals surface area contributed by atoms with Crippen LogP contribution in [0.3, 0.4) is 0 Å². The van der Waals surface area contributed by atoms with Gasteiger partial charge in [-0.05, 0) is 54.3 Å². The van der Waals surface area contributed by atoms with Crippen molar-refractivity contribution in [3.8, 4) is 0 Å². The molecule has 0 saturated heterocycles. The number of para-hydroxylation sites is 1. The van der Waals surface area contributed by atoms with E-state index in [1.54, 1.807) is 17.8 Å². The number of anilines is 3. The molecule has 32 heavy (non-hydrogen) atoms. The van der Waals surface area contributed by atoms with Gasteiger partial charge >= 0.3 is 0 Å². The topological polar surface area (TPSA) is 61.4 Å². The van der Waals surface area contributed by atoms with Crippen LogP contribution in [0.15, 0.2) is 66.7 Å². The summed E-state index contributed by atoms with van der Waals surface area (Å²) in [6, 6.07) is 21.5. The Morgan fingerprint density at radius 3 is 2.75 bits per heavy atom. The fourth-order valence-corrected chi connectivity index (χ4v) is 5.39. The molecule has 0 radical (unpaired) electrons. The number of carbonyl (C=O) groups excluding carboxylic acids is 2. The number of hydrogen-bond donors (Lipinski definition) is 2. The first-order valence-electron chi connectivity index (χ1n) is 10.8. The monoisotopic (exact) mass is 443 g/mol. The zero-order valence-electron chi connectivity index (χ0n) is 17.9. The van der Waals surface area contributed by atoms with Crippen molar-refractivity contribution in [3.05, 3.63) is 89.0 Å². The highest BCUT2D eigenvalue weighted by Gasteiger charge is 2.28. The maximum Gasteiger partial charge on any atom is 0.258 e. The second-order valence-corrected chi connectivity index (χ2v) is 9.25. The van der Waals surface area contributed by atoms with E-state index in [1.807, 2.05) is 47.4 Å². The van der Waals surface area contributed by atoms with Gasteiger partial charge in [0.15, 0.2) is 0 Å². The third-order valence-electron chi connectivity index (χ3n) is 6.11. The molecular weight excluding hydrogens is 418 g/mol. The first kappa shape index (κ1) is 20.6. The molecule has 0 spiro atoms. The Labute approximate surface area is 192 Å². The number of aryl methyl sites for hydroxylation is 1. The summed E-state index contributed by atoms with van der Waals surface area (Å²) in [5, 5.41) is 6.33. The van der Waals surface area contributed by atoms with Crippen molar-refractivity contribution in [1.29, 1.82) is 0 Å². The Morgan fingerprint density at radius 1 is 1.06 bits per heavy atom. The molecule has 0 aromatic heterocycles. The van der Waals surface area contributed by atoms with Crippen molar-refractivity contribution in [3.63, 3.8) is 0 Å². The van der Waals surface area contributed by atoms with Crippen LogP contribution in [0.2, 0.25) is 0 Å². The van der Waals surface area contributed by atoms with Gasteiger partial charge < -0.3 is 15.5 Å². The molecule has 3 aromatic carbocycles. The van der Waals surface area contributed by atoms with Gasteiger partial charge in [-0.3, -0.25) is 9.59 Å². The Bertz CT molecular complexity index is 1190. The minimum Gasteiger partial charge on any atom is -0.371 e. The predicted molar refractivity (Wildman–Crippen MR) is 132 cm³/mol. The van der Waals surface area contributed by atoms with Crippen molar-refractivity contribution in [2.45, 2.75) is 25.1 Å². The van der Waals surface area contributed by atoms with E-state index in [0.29, 0.717) is 23.5 Å². The number of nitrogens with one attached hydrogen (secondary N) is 2. The summed E-state index contributed by atoms with van der Waals surface area (Å²) in [5.41, 5.74) is 6.82. The van der Waals surface area contributed by atoms with Gasteiger partial charge in [0.2, 0.25) is 5.91 Å². The van der Waals surface area contributed by atoms with E-state index in [1.165, 1.54) is 16.7 Å². The summed E-state index contributed by atoms with van der Waals surface area (Å²) < 4.78 is 0. The van der Waals surface area contributed by atoms with E-state index >= 15 is 0 Å². The largest absolute Gasteiger partial charge is 0.371 e. The summed E-state index contributed by atoms with van der Waals surface area (Å²) >= 11 is 1.74. The lowest BCUT2D eigenvalue weighted by Crippen LogP contribution is -2.40. The van der Waals surface area contributed by atoms with E-state index < -0.39 is 0 Å². The molecule has 2 aliphatic rings. The number of thioether (sulfide) groups is 1. The molecule has 2 amide bonds. The van der Waals surface area contributed by atoms with Crippen LogP contribution in [-0.4, -0.2) is 30.2 Å². The average molecular weight is 444 g/mol. The van der Waals surface area contributed by atoms with Crippen molar-refractivity contribution in [1.82, 2.24) is 0 Å². The van der Waals surface area contributed by atoms with Crippen LogP contribution >= 0.6 is 11.8 Å². The normalized spacial score (nSPS) is 16.7. The van der Waals surface area contributed by atoms with Gasteiger partial charge in [-0.25, -0.2) is 0 Å². The van der Waals surface area contributed by atoms with Gasteiger partial charge in [0.1, 0.15) is 6.04 Å². The number of carbonyl (C=O) groups is 2. The molecule has 5 nitrogen and oxygen atoms in total. The predicted octanol–water partition coefficient (Wildman–Crippen LogP) is 4.86. The van der Waals surface area contributed by atoms with Gasteiger partial charge in [-0.2, -0.15) is 11.8 Å². The van der Waals surface area contributed by atoms with E-state index in [4.69, 9.17) is 0 Å². The van der Waals surface area contributed by atoms with Gasteiger partial charge in [0.25, 0.3) is 5.91 Å². The molecule has 1 atom stereocenters. The minimum atomic E-state index is -0.302. The van der Waals surface area contributed by atoms with Crippen molar-refractivity contribution in [2.24, 2.45) is 0 Å². The number of amides is 2. The summed E-state index contributed by atoms with van der Waals surface area (Å²) in [6.45, 7) is 2.79. The molecule has 2 heterocycles. The quantitative estimate of drug-likeness (QED) is 0.591. The molecule has 0 fully saturated rings. The zero-order chi connectivity index (χ0) is 22.1. The van der Waals surface area contributed by atoms with Crippen LogP contribution in [0.1, 0.15) is 27.0 Å². The number of fused-ring (bicyclic) bond motifs is 2. The highest BCUT2D eigenvalue weighted by molar-refractivity contribution is 7.98. The van der Waals surface area contributed by atoms with Crippen LogP contribution in [0.5, 0.6) is 0 Å². The molecule has 6 heteroatoms.